The molecule has 3 nitrogen and oxygen atoms in total. The normalized spacial score (nSPS) is 17.7. The number of nitrogens with one attached hydrogen (secondary N) is 1. The third-order valence-corrected chi connectivity index (χ3v) is 4.26. The van der Waals surface area contributed by atoms with E-state index in [2.05, 4.69) is 42.3 Å². The number of benzene rings is 1. The molecule has 1 unspecified atom stereocenters. The summed E-state index contributed by atoms with van der Waals surface area (Å²) in [5, 5.41) is 3.51. The number of likely N-dealkylation sites (tertiary alicyclic amines) is 1. The molecule has 2 rings (SSSR count). The molecule has 4 heteroatoms. The first-order chi connectivity index (χ1) is 9.58. The van der Waals surface area contributed by atoms with Gasteiger partial charge in [0.2, 0.25) is 0 Å². The van der Waals surface area contributed by atoms with E-state index in [4.69, 9.17) is 18.0 Å². The highest BCUT2D eigenvalue weighted by Crippen LogP contribution is 2.18. The summed E-state index contributed by atoms with van der Waals surface area (Å²) >= 11 is 5.14. The van der Waals surface area contributed by atoms with E-state index in [0.29, 0.717) is 11.0 Å². The van der Waals surface area contributed by atoms with E-state index in [-0.39, 0.29) is 0 Å². The summed E-state index contributed by atoms with van der Waals surface area (Å²) < 4.78 is 0. The average Bonchev–Trinajstić information content (AvgIpc) is 2.46. The van der Waals surface area contributed by atoms with Crippen LogP contribution in [0.15, 0.2) is 18.2 Å². The highest BCUT2D eigenvalue weighted by Gasteiger charge is 2.16. The standard InChI is InChI=1S/C16H25N3S/c1-12-6-7-15(14(10-12)16(17)20)18-11-13(2)19-8-4-3-5-9-19/h6-7,10,13,18H,3-5,8-9,11H2,1-2H3,(H2,17,20). The number of rotatable bonds is 5. The Kier molecular flexibility index (Phi) is 5.38. The number of hydrogen-bond acceptors (Lipinski definition) is 3. The monoisotopic (exact) mass is 291 g/mol. The minimum absolute atomic E-state index is 0.460. The van der Waals surface area contributed by atoms with Gasteiger partial charge in [-0.15, -0.1) is 0 Å². The topological polar surface area (TPSA) is 41.3 Å². The van der Waals surface area contributed by atoms with Crippen molar-refractivity contribution < 1.29 is 0 Å². The summed E-state index contributed by atoms with van der Waals surface area (Å²) in [4.78, 5) is 3.02. The van der Waals surface area contributed by atoms with E-state index in [1.165, 1.54) is 37.9 Å². The molecule has 1 aliphatic heterocycles. The fraction of sp³-hybridized carbons (Fsp3) is 0.562. The molecule has 0 aromatic heterocycles. The highest BCUT2D eigenvalue weighted by atomic mass is 32.1. The van der Waals surface area contributed by atoms with Crippen molar-refractivity contribution in [2.75, 3.05) is 25.0 Å². The first kappa shape index (κ1) is 15.3. The zero-order valence-electron chi connectivity index (χ0n) is 12.5. The molecule has 20 heavy (non-hydrogen) atoms. The maximum atomic E-state index is 5.81. The summed E-state index contributed by atoms with van der Waals surface area (Å²) in [6.45, 7) is 7.71. The largest absolute Gasteiger partial charge is 0.389 e. The maximum absolute atomic E-state index is 5.81. The zero-order valence-corrected chi connectivity index (χ0v) is 13.3. The molecule has 1 aromatic carbocycles. The molecule has 0 radical (unpaired) electrons. The molecule has 1 saturated heterocycles. The Hall–Kier alpha value is -1.13. The van der Waals surface area contributed by atoms with Crippen molar-refractivity contribution in [3.63, 3.8) is 0 Å². The molecular weight excluding hydrogens is 266 g/mol. The average molecular weight is 291 g/mol. The van der Waals surface area contributed by atoms with Crippen LogP contribution in [0.25, 0.3) is 0 Å². The van der Waals surface area contributed by atoms with Crippen LogP contribution in [-0.2, 0) is 0 Å². The molecule has 0 spiro atoms. The predicted molar refractivity (Wildman–Crippen MR) is 90.4 cm³/mol. The highest BCUT2D eigenvalue weighted by molar-refractivity contribution is 7.80. The number of thiocarbonyl (C=S) groups is 1. The van der Waals surface area contributed by atoms with E-state index < -0.39 is 0 Å². The van der Waals surface area contributed by atoms with Crippen molar-refractivity contribution in [3.8, 4) is 0 Å². The lowest BCUT2D eigenvalue weighted by Crippen LogP contribution is -2.41. The van der Waals surface area contributed by atoms with Gasteiger partial charge in [0.05, 0.1) is 0 Å². The maximum Gasteiger partial charge on any atom is 0.106 e. The molecule has 0 saturated carbocycles. The second-order valence-electron chi connectivity index (χ2n) is 5.74. The summed E-state index contributed by atoms with van der Waals surface area (Å²) in [7, 11) is 0. The number of aryl methyl sites for hydroxylation is 1. The molecule has 110 valence electrons. The quantitative estimate of drug-likeness (QED) is 0.819. The van der Waals surface area contributed by atoms with Crippen LogP contribution in [0, 0.1) is 6.92 Å². The van der Waals surface area contributed by atoms with E-state index in [9.17, 15) is 0 Å². The lowest BCUT2D eigenvalue weighted by atomic mass is 10.1. The van der Waals surface area contributed by atoms with Crippen LogP contribution < -0.4 is 11.1 Å². The van der Waals surface area contributed by atoms with E-state index in [1.54, 1.807) is 0 Å². The van der Waals surface area contributed by atoms with Crippen molar-refractivity contribution in [3.05, 3.63) is 29.3 Å². The molecule has 0 amide bonds. The smallest absolute Gasteiger partial charge is 0.106 e. The molecular formula is C16H25N3S. The van der Waals surface area contributed by atoms with Crippen LogP contribution in [0.2, 0.25) is 0 Å². The van der Waals surface area contributed by atoms with Crippen molar-refractivity contribution in [2.24, 2.45) is 5.73 Å². The molecule has 3 N–H and O–H groups in total. The lowest BCUT2D eigenvalue weighted by molar-refractivity contribution is 0.180. The first-order valence-corrected chi connectivity index (χ1v) is 7.87. The van der Waals surface area contributed by atoms with E-state index in [1.807, 2.05) is 0 Å². The van der Waals surface area contributed by atoms with Gasteiger partial charge in [-0.3, -0.25) is 4.90 Å². The number of hydrogen-bond donors (Lipinski definition) is 2. The molecule has 1 aromatic rings. The minimum atomic E-state index is 0.460. The van der Waals surface area contributed by atoms with Gasteiger partial charge >= 0.3 is 0 Å². The Morgan fingerprint density at radius 1 is 1.35 bits per heavy atom. The van der Waals surface area contributed by atoms with Gasteiger partial charge in [-0.05, 0) is 51.9 Å². The molecule has 1 heterocycles. The molecule has 1 atom stereocenters. The predicted octanol–water partition coefficient (Wildman–Crippen LogP) is 2.92. The molecule has 0 aliphatic carbocycles. The lowest BCUT2D eigenvalue weighted by Gasteiger charge is -2.32. The number of piperidine rings is 1. The van der Waals surface area contributed by atoms with Crippen LogP contribution >= 0.6 is 12.2 Å². The molecule has 1 aliphatic rings. The summed E-state index contributed by atoms with van der Waals surface area (Å²) in [6.07, 6.45) is 4.03. The third-order valence-electron chi connectivity index (χ3n) is 4.04. The van der Waals surface area contributed by atoms with Crippen molar-refractivity contribution in [2.45, 2.75) is 39.2 Å². The fourth-order valence-corrected chi connectivity index (χ4v) is 2.93. The second-order valence-corrected chi connectivity index (χ2v) is 6.18. The van der Waals surface area contributed by atoms with Gasteiger partial charge < -0.3 is 11.1 Å². The van der Waals surface area contributed by atoms with Gasteiger partial charge in [0, 0.05) is 23.8 Å². The fourth-order valence-electron chi connectivity index (χ4n) is 2.76. The van der Waals surface area contributed by atoms with Crippen LogP contribution in [0.3, 0.4) is 0 Å². The Morgan fingerprint density at radius 2 is 2.05 bits per heavy atom. The Morgan fingerprint density at radius 3 is 2.70 bits per heavy atom. The van der Waals surface area contributed by atoms with E-state index >= 15 is 0 Å². The minimum Gasteiger partial charge on any atom is -0.389 e. The Labute approximate surface area is 127 Å². The Bertz CT molecular complexity index is 467. The van der Waals surface area contributed by atoms with Crippen molar-refractivity contribution in [1.82, 2.24) is 4.90 Å². The summed E-state index contributed by atoms with van der Waals surface area (Å²) in [5.41, 5.74) is 8.99. The number of nitrogens with two attached hydrogens (primary N) is 1. The molecule has 0 bridgehead atoms. The van der Waals surface area contributed by atoms with Gasteiger partial charge in [0.1, 0.15) is 4.99 Å². The van der Waals surface area contributed by atoms with Gasteiger partial charge in [0.25, 0.3) is 0 Å². The third kappa shape index (κ3) is 3.93. The summed E-state index contributed by atoms with van der Waals surface area (Å²) in [5.74, 6) is 0. The van der Waals surface area contributed by atoms with Crippen molar-refractivity contribution in [1.29, 1.82) is 0 Å². The van der Waals surface area contributed by atoms with Crippen LogP contribution in [0.4, 0.5) is 5.69 Å². The van der Waals surface area contributed by atoms with Crippen LogP contribution in [0.5, 0.6) is 0 Å². The first-order valence-electron chi connectivity index (χ1n) is 7.46. The van der Waals surface area contributed by atoms with Crippen LogP contribution in [0.1, 0.15) is 37.3 Å². The number of anilines is 1. The van der Waals surface area contributed by atoms with Crippen molar-refractivity contribution >= 4 is 22.9 Å². The zero-order chi connectivity index (χ0) is 14.5. The number of nitrogens with zero attached hydrogens (tertiary/aromatic N) is 1. The van der Waals surface area contributed by atoms with E-state index in [0.717, 1.165) is 17.8 Å². The second kappa shape index (κ2) is 7.04. The summed E-state index contributed by atoms with van der Waals surface area (Å²) in [6, 6.07) is 6.76. The van der Waals surface area contributed by atoms with Gasteiger partial charge in [-0.1, -0.05) is 30.3 Å². The van der Waals surface area contributed by atoms with Gasteiger partial charge in [-0.25, -0.2) is 0 Å². The van der Waals surface area contributed by atoms with Crippen LogP contribution in [-0.4, -0.2) is 35.6 Å². The molecule has 1 fully saturated rings. The SMILES string of the molecule is Cc1ccc(NCC(C)N2CCCCC2)c(C(N)=S)c1. The Balaban J connectivity index is 1.97. The van der Waals surface area contributed by atoms with Gasteiger partial charge in [-0.2, -0.15) is 0 Å². The van der Waals surface area contributed by atoms with Gasteiger partial charge in [0.15, 0.2) is 0 Å².